The first-order chi connectivity index (χ1) is 16.7. The molecule has 0 saturated heterocycles. The Morgan fingerprint density at radius 1 is 1.11 bits per heavy atom. The number of urea groups is 1. The molecule has 1 aliphatic carbocycles. The Bertz CT molecular complexity index is 1630. The van der Waals surface area contributed by atoms with Gasteiger partial charge in [0.05, 0.1) is 20.9 Å². The molecule has 2 amide bonds. The van der Waals surface area contributed by atoms with Crippen LogP contribution in [0.15, 0.2) is 63.9 Å². The van der Waals surface area contributed by atoms with Crippen molar-refractivity contribution >= 4 is 61.3 Å². The van der Waals surface area contributed by atoms with Gasteiger partial charge in [0.1, 0.15) is 16.4 Å². The number of amides is 2. The van der Waals surface area contributed by atoms with Crippen molar-refractivity contribution in [2.75, 3.05) is 10.6 Å². The second-order valence-electron chi connectivity index (χ2n) is 7.85. The number of nitrogens with zero attached hydrogens (tertiary/aromatic N) is 2. The number of aromatic nitrogens is 2. The Morgan fingerprint density at radius 2 is 1.89 bits per heavy atom. The van der Waals surface area contributed by atoms with Crippen molar-refractivity contribution in [3.63, 3.8) is 0 Å². The highest BCUT2D eigenvalue weighted by Gasteiger charge is 2.22. The third kappa shape index (κ3) is 4.99. The quantitative estimate of drug-likeness (QED) is 0.339. The first-order valence-corrected chi connectivity index (χ1v) is 13.0. The molecule has 2 aromatic carbocycles. The van der Waals surface area contributed by atoms with E-state index in [1.54, 1.807) is 18.2 Å². The molecular weight excluding hydrogens is 517 g/mol. The van der Waals surface area contributed by atoms with Gasteiger partial charge >= 0.3 is 6.03 Å². The zero-order valence-corrected chi connectivity index (χ0v) is 20.2. The van der Waals surface area contributed by atoms with Gasteiger partial charge in [-0.1, -0.05) is 11.6 Å². The van der Waals surface area contributed by atoms with E-state index in [1.807, 2.05) is 4.72 Å². The van der Waals surface area contributed by atoms with Crippen molar-refractivity contribution in [2.45, 2.75) is 23.1 Å². The zero-order valence-electron chi connectivity index (χ0n) is 17.8. The van der Waals surface area contributed by atoms with Gasteiger partial charge in [0, 0.05) is 17.4 Å². The smallest absolute Gasteiger partial charge is 0.333 e. The average molecular weight is 534 g/mol. The van der Waals surface area contributed by atoms with E-state index in [4.69, 9.17) is 11.6 Å². The molecular formula is C22H17ClFN5O4S2. The standard InChI is InChI=1S/C22H17ClFN5O4S2/c23-19-7-8-20(34-19)35(32,33)28-22(31)27-13-4-6-18(16(24)9-13)29-11-25-17-10-14(26-12-1-2-12)3-5-15(17)21(29)30/h3-12,26H,1-2H2,(H2,27,28,31). The Kier molecular flexibility index (Phi) is 5.95. The average Bonchev–Trinajstić information content (AvgIpc) is 3.49. The van der Waals surface area contributed by atoms with E-state index in [0.29, 0.717) is 16.9 Å². The highest BCUT2D eigenvalue weighted by atomic mass is 35.5. The first-order valence-electron chi connectivity index (χ1n) is 10.4. The molecule has 9 nitrogen and oxygen atoms in total. The maximum Gasteiger partial charge on any atom is 0.333 e. The molecule has 13 heteroatoms. The van der Waals surface area contributed by atoms with Gasteiger partial charge in [-0.25, -0.2) is 27.3 Å². The highest BCUT2D eigenvalue weighted by Crippen LogP contribution is 2.27. The largest absolute Gasteiger partial charge is 0.382 e. The summed E-state index contributed by atoms with van der Waals surface area (Å²) in [4.78, 5) is 29.4. The van der Waals surface area contributed by atoms with Crippen molar-refractivity contribution in [2.24, 2.45) is 0 Å². The lowest BCUT2D eigenvalue weighted by Crippen LogP contribution is -2.34. The number of anilines is 2. The third-order valence-corrected chi connectivity index (χ3v) is 8.27. The summed E-state index contributed by atoms with van der Waals surface area (Å²) in [7, 11) is -4.13. The number of rotatable bonds is 6. The summed E-state index contributed by atoms with van der Waals surface area (Å²) in [5.41, 5.74) is 0.817. The predicted molar refractivity (Wildman–Crippen MR) is 133 cm³/mol. The minimum atomic E-state index is -4.13. The molecule has 1 aliphatic rings. The van der Waals surface area contributed by atoms with Crippen LogP contribution in [0.25, 0.3) is 16.6 Å². The predicted octanol–water partition coefficient (Wildman–Crippen LogP) is 4.32. The number of carbonyl (C=O) groups is 1. The molecule has 5 rings (SSSR count). The molecule has 0 aliphatic heterocycles. The maximum absolute atomic E-state index is 14.9. The van der Waals surface area contributed by atoms with E-state index in [9.17, 15) is 22.4 Å². The van der Waals surface area contributed by atoms with E-state index in [-0.39, 0.29) is 19.9 Å². The van der Waals surface area contributed by atoms with Crippen LogP contribution in [-0.2, 0) is 10.0 Å². The number of carbonyl (C=O) groups excluding carboxylic acids is 1. The first kappa shape index (κ1) is 23.3. The second-order valence-corrected chi connectivity index (χ2v) is 11.5. The minimum Gasteiger partial charge on any atom is -0.382 e. The van der Waals surface area contributed by atoms with Gasteiger partial charge in [-0.2, -0.15) is 0 Å². The molecule has 35 heavy (non-hydrogen) atoms. The van der Waals surface area contributed by atoms with E-state index >= 15 is 0 Å². The highest BCUT2D eigenvalue weighted by molar-refractivity contribution is 7.92. The summed E-state index contributed by atoms with van der Waals surface area (Å²) in [5.74, 6) is -0.814. The van der Waals surface area contributed by atoms with Gasteiger partial charge in [0.25, 0.3) is 15.6 Å². The fraction of sp³-hybridized carbons (Fsp3) is 0.136. The van der Waals surface area contributed by atoms with Crippen molar-refractivity contribution in [3.8, 4) is 5.69 Å². The van der Waals surface area contributed by atoms with Crippen molar-refractivity contribution in [3.05, 3.63) is 75.4 Å². The lowest BCUT2D eigenvalue weighted by molar-refractivity contribution is 0.256. The number of nitrogens with one attached hydrogen (secondary N) is 3. The van der Waals surface area contributed by atoms with Crippen LogP contribution < -0.4 is 20.9 Å². The van der Waals surface area contributed by atoms with Crippen LogP contribution in [-0.4, -0.2) is 30.0 Å². The Balaban J connectivity index is 1.35. The summed E-state index contributed by atoms with van der Waals surface area (Å²) in [6.07, 6.45) is 3.46. The van der Waals surface area contributed by atoms with Gasteiger partial charge < -0.3 is 10.6 Å². The summed E-state index contributed by atoms with van der Waals surface area (Å²) in [6.45, 7) is 0. The zero-order chi connectivity index (χ0) is 24.7. The van der Waals surface area contributed by atoms with Crippen LogP contribution in [0.1, 0.15) is 12.8 Å². The molecule has 0 radical (unpaired) electrons. The van der Waals surface area contributed by atoms with Crippen molar-refractivity contribution in [1.29, 1.82) is 0 Å². The molecule has 180 valence electrons. The molecule has 1 saturated carbocycles. The molecule has 0 bridgehead atoms. The van der Waals surface area contributed by atoms with E-state index in [1.165, 1.54) is 30.6 Å². The number of sulfonamides is 1. The molecule has 2 heterocycles. The van der Waals surface area contributed by atoms with Crippen molar-refractivity contribution < 1.29 is 17.6 Å². The monoisotopic (exact) mass is 533 g/mol. The topological polar surface area (TPSA) is 122 Å². The summed E-state index contributed by atoms with van der Waals surface area (Å²) in [6, 6.07) is 10.8. The number of thiophene rings is 1. The molecule has 4 aromatic rings. The third-order valence-electron chi connectivity index (χ3n) is 5.21. The van der Waals surface area contributed by atoms with E-state index < -0.39 is 27.4 Å². The molecule has 0 unspecified atom stereocenters. The molecule has 0 spiro atoms. The SMILES string of the molecule is O=C(Nc1ccc(-n2cnc3cc(NC4CC4)ccc3c2=O)c(F)c1)NS(=O)(=O)c1ccc(Cl)s1. The van der Waals surface area contributed by atoms with Gasteiger partial charge in [0.2, 0.25) is 0 Å². The van der Waals surface area contributed by atoms with Gasteiger partial charge in [-0.05, 0) is 61.4 Å². The Morgan fingerprint density at radius 3 is 2.57 bits per heavy atom. The lowest BCUT2D eigenvalue weighted by Gasteiger charge is -2.11. The van der Waals surface area contributed by atoms with E-state index in [2.05, 4.69) is 15.6 Å². The van der Waals surface area contributed by atoms with E-state index in [0.717, 1.165) is 40.5 Å². The Labute approximate surface area is 207 Å². The lowest BCUT2D eigenvalue weighted by atomic mass is 10.2. The number of benzene rings is 2. The number of hydrogen-bond acceptors (Lipinski definition) is 7. The van der Waals surface area contributed by atoms with Crippen LogP contribution in [0.5, 0.6) is 0 Å². The fourth-order valence-electron chi connectivity index (χ4n) is 3.40. The number of fused-ring (bicyclic) bond motifs is 1. The summed E-state index contributed by atoms with van der Waals surface area (Å²) < 4.78 is 42.4. The van der Waals surface area contributed by atoms with Gasteiger partial charge in [-0.3, -0.25) is 9.36 Å². The molecule has 3 N–H and O–H groups in total. The molecule has 0 atom stereocenters. The van der Waals surface area contributed by atoms with Crippen LogP contribution in [0.3, 0.4) is 0 Å². The number of hydrogen-bond donors (Lipinski definition) is 3. The normalized spacial score (nSPS) is 13.5. The molecule has 2 aromatic heterocycles. The van der Waals surface area contributed by atoms with Crippen molar-refractivity contribution in [1.82, 2.24) is 14.3 Å². The molecule has 1 fully saturated rings. The van der Waals surface area contributed by atoms with Crippen LogP contribution in [0.2, 0.25) is 4.34 Å². The van der Waals surface area contributed by atoms with Gasteiger partial charge in [0.15, 0.2) is 0 Å². The minimum absolute atomic E-state index is 0.0132. The second kappa shape index (κ2) is 8.95. The fourth-order valence-corrected chi connectivity index (χ4v) is 5.79. The maximum atomic E-state index is 14.9. The van der Waals surface area contributed by atoms with Crippen LogP contribution >= 0.6 is 22.9 Å². The summed E-state index contributed by atoms with van der Waals surface area (Å²) in [5, 5.41) is 5.92. The Hall–Kier alpha value is -3.48. The summed E-state index contributed by atoms with van der Waals surface area (Å²) >= 11 is 6.52. The van der Waals surface area contributed by atoms with Crippen LogP contribution in [0, 0.1) is 5.82 Å². The number of halogens is 2. The van der Waals surface area contributed by atoms with Gasteiger partial charge in [-0.15, -0.1) is 11.3 Å². The van der Waals surface area contributed by atoms with Crippen LogP contribution in [0.4, 0.5) is 20.6 Å².